The van der Waals surface area contributed by atoms with Crippen LogP contribution >= 0.6 is 0 Å². The average Bonchev–Trinajstić information content (AvgIpc) is 2.81. The van der Waals surface area contributed by atoms with E-state index in [2.05, 4.69) is 224 Å². The predicted molar refractivity (Wildman–Crippen MR) is 308 cm³/mol. The summed E-state index contributed by atoms with van der Waals surface area (Å²) in [5.74, 6) is 0. The molecule has 0 atom stereocenters. The molecule has 0 aromatic carbocycles. The zero-order valence-corrected chi connectivity index (χ0v) is 63.4. The number of hydrogen-bond acceptors (Lipinski definition) is 14. The molecule has 0 aliphatic heterocycles. The molecule has 0 fully saturated rings. The quantitative estimate of drug-likeness (QED) is 0.0633. The first-order valence-corrected chi connectivity index (χ1v) is 66.2. The van der Waals surface area contributed by atoms with Gasteiger partial charge in [-0.2, -0.15) is 0 Å². The molecule has 0 aromatic heterocycles. The molecule has 0 aliphatic rings. The van der Waals surface area contributed by atoms with E-state index < -0.39 is 128 Å². The lowest BCUT2D eigenvalue weighted by Gasteiger charge is -2.45. The van der Waals surface area contributed by atoms with E-state index in [4.69, 9.17) is 57.6 Å². The highest BCUT2D eigenvalue weighted by Crippen LogP contribution is 2.34. The highest BCUT2D eigenvalue weighted by atomic mass is 28.5. The highest BCUT2D eigenvalue weighted by molar-refractivity contribution is 6.95. The number of rotatable bonds is 30. The Hall–Kier alpha value is 2.69. The molecule has 0 saturated carbocycles. The normalized spacial score (nSPS) is 16.1. The van der Waals surface area contributed by atoms with Gasteiger partial charge >= 0.3 is 111 Å². The summed E-state index contributed by atoms with van der Waals surface area (Å²) in [6.45, 7) is 72.2. The minimum absolute atomic E-state index is 0.490. The Bertz CT molecular complexity index is 1410. The highest BCUT2D eigenvalue weighted by Gasteiger charge is 2.53. The fourth-order valence-corrected chi connectivity index (χ4v) is 84.8. The van der Waals surface area contributed by atoms with Crippen molar-refractivity contribution in [3.05, 3.63) is 0 Å². The van der Waals surface area contributed by atoms with Crippen LogP contribution in [0.1, 0.15) is 27.7 Å². The molecule has 0 unspecified atom stereocenters. The lowest BCUT2D eigenvalue weighted by atomic mass is 10.6. The van der Waals surface area contributed by atoms with Gasteiger partial charge in [0.2, 0.25) is 0 Å². The van der Waals surface area contributed by atoms with Gasteiger partial charge in [-0.3, -0.25) is 0 Å². The Morgan fingerprint density at radius 3 is 0.308 bits per heavy atom. The van der Waals surface area contributed by atoms with Crippen LogP contribution < -0.4 is 0 Å². The first kappa shape index (κ1) is 67.7. The van der Waals surface area contributed by atoms with Crippen LogP contribution in [0.5, 0.6) is 0 Å². The Kier molecular flexibility index (Phi) is 23.6. The van der Waals surface area contributed by atoms with Crippen molar-refractivity contribution in [3.8, 4) is 0 Å². The third-order valence-electron chi connectivity index (χ3n) is 9.70. The van der Waals surface area contributed by atoms with Gasteiger partial charge in [-0.25, -0.2) is 0 Å². The van der Waals surface area contributed by atoms with Crippen molar-refractivity contribution in [2.24, 2.45) is 0 Å². The zero-order chi connectivity index (χ0) is 52.6. The van der Waals surface area contributed by atoms with Crippen LogP contribution in [0, 0.1) is 0 Å². The summed E-state index contributed by atoms with van der Waals surface area (Å²) in [6, 6.07) is 0. The largest absolute Gasteiger partial charge is 0.436 e. The molecule has 14 nitrogen and oxygen atoms in total. The lowest BCUT2D eigenvalue weighted by molar-refractivity contribution is 0.251. The molecule has 0 amide bonds. The van der Waals surface area contributed by atoms with Gasteiger partial charge in [-0.05, 0) is 207 Å². The van der Waals surface area contributed by atoms with Crippen molar-refractivity contribution >= 4 is 128 Å². The lowest BCUT2D eigenvalue weighted by Crippen LogP contribution is -2.63. The monoisotopic (exact) mass is 1180 g/mol. The molecule has 0 radical (unpaired) electrons. The van der Waals surface area contributed by atoms with Crippen LogP contribution in [0.3, 0.4) is 0 Å². The topological polar surface area (TPSA) is 129 Å². The van der Waals surface area contributed by atoms with Gasteiger partial charge < -0.3 is 57.6 Å². The van der Waals surface area contributed by atoms with Gasteiger partial charge in [-0.1, -0.05) is 27.7 Å². The van der Waals surface area contributed by atoms with Crippen LogP contribution in [0.4, 0.5) is 0 Å². The molecule has 0 saturated heterocycles. The second kappa shape index (κ2) is 22.7. The molecule has 0 heterocycles. The molecule has 0 N–H and O–H groups in total. The summed E-state index contributed by atoms with van der Waals surface area (Å²) in [5.41, 5.74) is 0.980. The standard InChI is InChI=1S/C36H104O14Si15/c1-35(2)51(5,6)37-53(9,10)39-55(13,14)41-57(17,18)43-59(21,22)45-61(25,26)47-63(29,30)49-65(33,34)50-64(31,32)48-62(27,28)46-60(23,24)44-58(19,20)42-56(15,16)40-54(11,12)38-52(7,8)36(3)4/h35-36H,1-34H3. The summed E-state index contributed by atoms with van der Waals surface area (Å²) >= 11 is 0. The zero-order valence-electron chi connectivity index (χ0n) is 48.4. The van der Waals surface area contributed by atoms with E-state index in [0.29, 0.717) is 11.1 Å². The van der Waals surface area contributed by atoms with Crippen LogP contribution in [0.2, 0.25) is 207 Å². The summed E-state index contributed by atoms with van der Waals surface area (Å²) in [4.78, 5) is 0. The fraction of sp³-hybridized carbons (Fsp3) is 1.00. The molecule has 0 aromatic rings. The minimum atomic E-state index is -2.79. The third-order valence-corrected chi connectivity index (χ3v) is 70.6. The van der Waals surface area contributed by atoms with Gasteiger partial charge in [0.25, 0.3) is 0 Å². The molecule has 29 heteroatoms. The summed E-state index contributed by atoms with van der Waals surface area (Å²) in [5, 5.41) is 0. The van der Waals surface area contributed by atoms with Crippen LogP contribution in [0.15, 0.2) is 0 Å². The molecule has 0 bridgehead atoms. The predicted octanol–water partition coefficient (Wildman–Crippen LogP) is 13.6. The molecular formula is C36H104O14Si15. The third kappa shape index (κ3) is 28.7. The second-order valence-corrected chi connectivity index (χ2v) is 81.7. The van der Waals surface area contributed by atoms with E-state index in [0.717, 1.165) is 0 Å². The Labute approximate surface area is 417 Å². The maximum Gasteiger partial charge on any atom is 0.314 e. The molecule has 0 aliphatic carbocycles. The molecule has 65 heavy (non-hydrogen) atoms. The molecular weight excluding hydrogens is 1080 g/mol. The number of hydrogen-bond donors (Lipinski definition) is 0. The van der Waals surface area contributed by atoms with Crippen LogP contribution in [0.25, 0.3) is 0 Å². The van der Waals surface area contributed by atoms with Crippen molar-refractivity contribution in [2.75, 3.05) is 0 Å². The Balaban J connectivity index is 5.73. The van der Waals surface area contributed by atoms with Crippen molar-refractivity contribution in [2.45, 2.75) is 235 Å². The molecule has 392 valence electrons. The maximum atomic E-state index is 6.90. The van der Waals surface area contributed by atoms with E-state index in [-0.39, 0.29) is 0 Å². The smallest absolute Gasteiger partial charge is 0.314 e. The Morgan fingerprint density at radius 1 is 0.154 bits per heavy atom. The van der Waals surface area contributed by atoms with E-state index in [9.17, 15) is 0 Å². The van der Waals surface area contributed by atoms with Gasteiger partial charge in [-0.15, -0.1) is 0 Å². The molecule has 0 spiro atoms. The SMILES string of the molecule is CC(C)[Si](C)(C)O[Si](C)(C)O[Si](C)(C)O[Si](C)(C)O[Si](C)(C)O[Si](C)(C)O[Si](C)(C)O[Si](C)(C)O[Si](C)(C)O[Si](C)(C)O[Si](C)(C)O[Si](C)(C)O[Si](C)(C)O[Si](C)(C)O[Si](C)(C)C(C)C. The summed E-state index contributed by atoms with van der Waals surface area (Å²) in [6.07, 6.45) is 0. The van der Waals surface area contributed by atoms with Gasteiger partial charge in [0.1, 0.15) is 0 Å². The minimum Gasteiger partial charge on any atom is -0.436 e. The van der Waals surface area contributed by atoms with Crippen molar-refractivity contribution in [1.29, 1.82) is 0 Å². The summed E-state index contributed by atoms with van der Waals surface area (Å²) in [7, 11) is -38.7. The van der Waals surface area contributed by atoms with E-state index in [1.165, 1.54) is 0 Å². The van der Waals surface area contributed by atoms with Gasteiger partial charge in [0.15, 0.2) is 16.6 Å². The van der Waals surface area contributed by atoms with Crippen LogP contribution in [-0.4, -0.2) is 128 Å². The first-order chi connectivity index (χ1) is 27.8. The van der Waals surface area contributed by atoms with Crippen molar-refractivity contribution in [1.82, 2.24) is 0 Å². The van der Waals surface area contributed by atoms with E-state index in [1.54, 1.807) is 0 Å². The van der Waals surface area contributed by atoms with Gasteiger partial charge in [0.05, 0.1) is 0 Å². The Morgan fingerprint density at radius 2 is 0.231 bits per heavy atom. The van der Waals surface area contributed by atoms with E-state index >= 15 is 0 Å². The van der Waals surface area contributed by atoms with Crippen LogP contribution in [-0.2, 0) is 57.6 Å². The van der Waals surface area contributed by atoms with E-state index in [1.807, 2.05) is 0 Å². The second-order valence-electron chi connectivity index (χ2n) is 25.1. The van der Waals surface area contributed by atoms with Crippen molar-refractivity contribution in [3.63, 3.8) is 0 Å². The van der Waals surface area contributed by atoms with Crippen molar-refractivity contribution < 1.29 is 57.6 Å². The fourth-order valence-electron chi connectivity index (χ4n) is 8.88. The molecule has 0 rings (SSSR count). The summed E-state index contributed by atoms with van der Waals surface area (Å²) < 4.78 is 95.6. The first-order valence-electron chi connectivity index (χ1n) is 23.6. The van der Waals surface area contributed by atoms with Gasteiger partial charge in [0, 0.05) is 0 Å². The maximum absolute atomic E-state index is 6.90. The average molecular weight is 1180 g/mol.